The lowest BCUT2D eigenvalue weighted by atomic mass is 9.77. The van der Waals surface area contributed by atoms with Gasteiger partial charge in [-0.1, -0.05) is 32.4 Å². The summed E-state index contributed by atoms with van der Waals surface area (Å²) in [6.07, 6.45) is 21.7. The lowest BCUT2D eigenvalue weighted by molar-refractivity contribution is -0.137. The number of hydrogen-bond acceptors (Lipinski definition) is 6. The average molecular weight is 655 g/mol. The molecule has 5 rings (SSSR count). The van der Waals surface area contributed by atoms with Crippen LogP contribution < -0.4 is 14.8 Å². The highest BCUT2D eigenvalue weighted by atomic mass is 16.5. The molecule has 0 amide bonds. The number of esters is 1. The Labute approximate surface area is 289 Å². The summed E-state index contributed by atoms with van der Waals surface area (Å²) in [5.74, 6) is 4.10. The molecular weight excluding hydrogens is 596 g/mol. The van der Waals surface area contributed by atoms with Crippen molar-refractivity contribution in [2.45, 2.75) is 116 Å². The summed E-state index contributed by atoms with van der Waals surface area (Å²) in [7, 11) is 0. The number of carbonyl (C=O) groups is 1. The van der Waals surface area contributed by atoms with Crippen LogP contribution in [-0.2, 0) is 9.53 Å². The van der Waals surface area contributed by atoms with Gasteiger partial charge in [-0.15, -0.1) is 0 Å². The average Bonchev–Trinajstić information content (AvgIpc) is 3.97. The van der Waals surface area contributed by atoms with Crippen LogP contribution in [0.4, 0.5) is 5.69 Å². The number of allylic oxidation sites excluding steroid dienone is 2. The number of ether oxygens (including phenoxy) is 3. The molecule has 0 unspecified atom stereocenters. The van der Waals surface area contributed by atoms with Gasteiger partial charge in [0, 0.05) is 29.2 Å². The predicted octanol–water partition coefficient (Wildman–Crippen LogP) is 10.8. The van der Waals surface area contributed by atoms with E-state index >= 15 is 0 Å². The quantitative estimate of drug-likeness (QED) is 0.0682. The van der Waals surface area contributed by atoms with Gasteiger partial charge >= 0.3 is 5.97 Å². The first-order valence-electron chi connectivity index (χ1n) is 18.8. The molecule has 2 aromatic rings. The second kappa shape index (κ2) is 18.9. The lowest BCUT2D eigenvalue weighted by Gasteiger charge is -2.31. The van der Waals surface area contributed by atoms with Gasteiger partial charge in [-0.05, 0) is 161 Å². The van der Waals surface area contributed by atoms with Crippen LogP contribution in [0.15, 0.2) is 66.4 Å². The molecule has 260 valence electrons. The molecule has 3 aliphatic carbocycles. The Morgan fingerprint density at radius 2 is 1.58 bits per heavy atom. The number of rotatable bonds is 19. The van der Waals surface area contributed by atoms with Crippen molar-refractivity contribution in [2.75, 3.05) is 25.1 Å². The van der Waals surface area contributed by atoms with Gasteiger partial charge in [0.15, 0.2) is 0 Å². The minimum Gasteiger partial charge on any atom is -0.494 e. The molecule has 2 aromatic carbocycles. The topological polar surface area (TPSA) is 80.6 Å². The maximum absolute atomic E-state index is 11.1. The SMILES string of the molecule is C=CC(=O)OCCCCCCOc1ccc(NC(=C2CC2)C2CCC(COc3ccc(C4CCC(CCC)CC4)cc3C=N)CC2)cc1. The Morgan fingerprint density at radius 1 is 0.875 bits per heavy atom. The first kappa shape index (κ1) is 35.8. The van der Waals surface area contributed by atoms with E-state index in [0.29, 0.717) is 31.0 Å². The molecule has 0 aliphatic heterocycles. The summed E-state index contributed by atoms with van der Waals surface area (Å²) in [5.41, 5.74) is 6.49. The zero-order valence-electron chi connectivity index (χ0n) is 29.3. The van der Waals surface area contributed by atoms with Crippen molar-refractivity contribution >= 4 is 17.9 Å². The fourth-order valence-electron chi connectivity index (χ4n) is 7.66. The molecule has 0 aromatic heterocycles. The fraction of sp³-hybridized carbons (Fsp3) is 0.571. The Morgan fingerprint density at radius 3 is 2.25 bits per heavy atom. The maximum Gasteiger partial charge on any atom is 0.330 e. The van der Waals surface area contributed by atoms with Crippen molar-refractivity contribution < 1.29 is 19.0 Å². The third kappa shape index (κ3) is 11.0. The molecule has 6 heteroatoms. The van der Waals surface area contributed by atoms with E-state index in [2.05, 4.69) is 61.3 Å². The molecule has 3 fully saturated rings. The Bertz CT molecular complexity index is 1340. The van der Waals surface area contributed by atoms with Crippen LogP contribution >= 0.6 is 0 Å². The zero-order valence-corrected chi connectivity index (χ0v) is 29.3. The summed E-state index contributed by atoms with van der Waals surface area (Å²) < 4.78 is 17.4. The van der Waals surface area contributed by atoms with E-state index in [1.54, 1.807) is 5.57 Å². The van der Waals surface area contributed by atoms with Crippen molar-refractivity contribution in [3.8, 4) is 11.5 Å². The molecule has 3 saturated carbocycles. The summed E-state index contributed by atoms with van der Waals surface area (Å²) >= 11 is 0. The number of hydrogen-bond donors (Lipinski definition) is 2. The minimum atomic E-state index is -0.351. The van der Waals surface area contributed by atoms with Gasteiger partial charge in [-0.25, -0.2) is 4.79 Å². The highest BCUT2D eigenvalue weighted by Gasteiger charge is 2.29. The van der Waals surface area contributed by atoms with Crippen LogP contribution in [0.25, 0.3) is 0 Å². The smallest absolute Gasteiger partial charge is 0.330 e. The van der Waals surface area contributed by atoms with Crippen molar-refractivity contribution in [3.63, 3.8) is 0 Å². The third-order valence-corrected chi connectivity index (χ3v) is 10.7. The molecule has 0 spiro atoms. The van der Waals surface area contributed by atoms with E-state index < -0.39 is 0 Å². The first-order valence-corrected chi connectivity index (χ1v) is 18.8. The van der Waals surface area contributed by atoms with E-state index in [4.69, 9.17) is 19.6 Å². The first-order chi connectivity index (χ1) is 23.6. The summed E-state index contributed by atoms with van der Waals surface area (Å²) in [4.78, 5) is 11.1. The fourth-order valence-corrected chi connectivity index (χ4v) is 7.66. The van der Waals surface area contributed by atoms with E-state index in [-0.39, 0.29) is 5.97 Å². The van der Waals surface area contributed by atoms with Gasteiger partial charge in [0.2, 0.25) is 0 Å². The van der Waals surface area contributed by atoms with Gasteiger partial charge in [0.05, 0.1) is 19.8 Å². The van der Waals surface area contributed by atoms with E-state index in [1.165, 1.54) is 101 Å². The summed E-state index contributed by atoms with van der Waals surface area (Å²) in [6.45, 7) is 7.59. The molecule has 0 saturated heterocycles. The van der Waals surface area contributed by atoms with Gasteiger partial charge in [0.1, 0.15) is 11.5 Å². The molecular formula is C42H58N2O4. The van der Waals surface area contributed by atoms with Crippen molar-refractivity contribution in [3.05, 3.63) is 77.5 Å². The predicted molar refractivity (Wildman–Crippen MR) is 196 cm³/mol. The second-order valence-corrected chi connectivity index (χ2v) is 14.3. The Hall–Kier alpha value is -3.54. The van der Waals surface area contributed by atoms with E-state index in [9.17, 15) is 4.79 Å². The van der Waals surface area contributed by atoms with Crippen LogP contribution in [0.3, 0.4) is 0 Å². The molecule has 0 heterocycles. The van der Waals surface area contributed by atoms with E-state index in [0.717, 1.165) is 61.0 Å². The summed E-state index contributed by atoms with van der Waals surface area (Å²) in [5, 5.41) is 11.9. The largest absolute Gasteiger partial charge is 0.494 e. The standard InChI is InChI=1S/C42H58N2O4/c1-3-9-31-10-14-33(15-11-31)36-20-25-40(37(28-36)29-43)48-30-32-12-16-34(17-13-32)42(35-18-19-35)44-38-21-23-39(24-22-38)46-26-7-5-6-8-27-47-41(45)4-2/h4,20-25,28-29,31-34,43-44H,2-3,5-19,26-27,30H2,1H3. The van der Waals surface area contributed by atoms with Crippen LogP contribution in [0, 0.1) is 23.2 Å². The maximum atomic E-state index is 11.1. The number of unbranched alkanes of at least 4 members (excludes halogenated alkanes) is 3. The number of carbonyl (C=O) groups excluding carboxylic acids is 1. The number of anilines is 1. The Balaban J connectivity index is 1.01. The van der Waals surface area contributed by atoms with Crippen LogP contribution in [0.5, 0.6) is 11.5 Å². The van der Waals surface area contributed by atoms with Crippen LogP contribution in [-0.4, -0.2) is 32.0 Å². The van der Waals surface area contributed by atoms with Crippen LogP contribution in [0.2, 0.25) is 0 Å². The third-order valence-electron chi connectivity index (χ3n) is 10.7. The Kier molecular flexibility index (Phi) is 14.0. The zero-order chi connectivity index (χ0) is 33.6. The highest BCUT2D eigenvalue weighted by molar-refractivity contribution is 5.81. The van der Waals surface area contributed by atoms with Gasteiger partial charge in [0.25, 0.3) is 0 Å². The monoisotopic (exact) mass is 654 g/mol. The number of benzene rings is 2. The minimum absolute atomic E-state index is 0.351. The van der Waals surface area contributed by atoms with Gasteiger partial charge in [-0.2, -0.15) is 0 Å². The van der Waals surface area contributed by atoms with E-state index in [1.807, 2.05) is 0 Å². The normalized spacial score (nSPS) is 22.0. The van der Waals surface area contributed by atoms with Crippen molar-refractivity contribution in [1.82, 2.24) is 0 Å². The molecule has 6 nitrogen and oxygen atoms in total. The van der Waals surface area contributed by atoms with Gasteiger partial charge in [-0.3, -0.25) is 0 Å². The molecule has 0 bridgehead atoms. The lowest BCUT2D eigenvalue weighted by Crippen LogP contribution is -2.23. The molecule has 0 atom stereocenters. The molecule has 2 N–H and O–H groups in total. The summed E-state index contributed by atoms with van der Waals surface area (Å²) in [6, 6.07) is 15.0. The highest BCUT2D eigenvalue weighted by Crippen LogP contribution is 2.42. The molecule has 48 heavy (non-hydrogen) atoms. The second-order valence-electron chi connectivity index (χ2n) is 14.3. The number of nitrogens with one attached hydrogen (secondary N) is 2. The van der Waals surface area contributed by atoms with Crippen molar-refractivity contribution in [2.24, 2.45) is 17.8 Å². The molecule has 0 radical (unpaired) electrons. The van der Waals surface area contributed by atoms with Gasteiger partial charge < -0.3 is 24.9 Å². The van der Waals surface area contributed by atoms with Crippen LogP contribution in [0.1, 0.15) is 127 Å². The molecule has 3 aliphatic rings. The van der Waals surface area contributed by atoms with Crippen molar-refractivity contribution in [1.29, 1.82) is 5.41 Å².